The van der Waals surface area contributed by atoms with Crippen LogP contribution in [0.4, 0.5) is 10.2 Å². The number of ether oxygens (including phenoxy) is 1. The number of aromatic nitrogens is 1. The molecule has 1 fully saturated rings. The first-order chi connectivity index (χ1) is 15.3. The molecule has 2 atom stereocenters. The Morgan fingerprint density at radius 3 is 2.56 bits per heavy atom. The van der Waals surface area contributed by atoms with E-state index in [1.165, 1.54) is 12.1 Å². The van der Waals surface area contributed by atoms with Crippen LogP contribution in [0.3, 0.4) is 0 Å². The lowest BCUT2D eigenvalue weighted by atomic mass is 9.89. The first kappa shape index (κ1) is 23.0. The van der Waals surface area contributed by atoms with Crippen molar-refractivity contribution in [3.63, 3.8) is 0 Å². The molecular weight excluding hydrogens is 423 g/mol. The molecule has 1 aromatic heterocycles. The number of nitrogens with zero attached hydrogens (tertiary/aromatic N) is 3. The Balaban J connectivity index is 1.67. The van der Waals surface area contributed by atoms with Gasteiger partial charge in [-0.3, -0.25) is 0 Å². The molecule has 2 aromatic rings. The van der Waals surface area contributed by atoms with Crippen molar-refractivity contribution in [1.29, 1.82) is 5.26 Å². The Morgan fingerprint density at radius 2 is 1.91 bits per heavy atom. The Hall–Kier alpha value is -2.14. The van der Waals surface area contributed by atoms with E-state index in [1.54, 1.807) is 11.8 Å². The van der Waals surface area contributed by atoms with E-state index in [2.05, 4.69) is 44.0 Å². The number of pyridine rings is 1. The monoisotopic (exact) mass is 454 g/mol. The number of anilines is 1. The van der Waals surface area contributed by atoms with Crippen molar-refractivity contribution < 1.29 is 9.13 Å². The maximum absolute atomic E-state index is 13.2. The maximum Gasteiger partial charge on any atom is 0.135 e. The average Bonchev–Trinajstić information content (AvgIpc) is 2.73. The summed E-state index contributed by atoms with van der Waals surface area (Å²) in [6.07, 6.45) is 1.49. The standard InChI is InChI=1S/C25H31FN4OS/c1-16-13-30(14-17(2)28-16)23-22-15-31-25(3,4)11-20(22)21(12-27)24(29-23)32-10-9-18-5-7-19(26)8-6-18/h5-8,16-17,28H,9-11,13-15H2,1-4H3. The minimum Gasteiger partial charge on any atom is -0.370 e. The van der Waals surface area contributed by atoms with Crippen LogP contribution in [0, 0.1) is 17.1 Å². The van der Waals surface area contributed by atoms with Crippen LogP contribution in [0.2, 0.25) is 0 Å². The second kappa shape index (κ2) is 9.38. The van der Waals surface area contributed by atoms with Gasteiger partial charge >= 0.3 is 0 Å². The highest BCUT2D eigenvalue weighted by Crippen LogP contribution is 2.39. The second-order valence-electron chi connectivity index (χ2n) is 9.51. The number of benzene rings is 1. The Bertz CT molecular complexity index is 1010. The van der Waals surface area contributed by atoms with E-state index in [-0.39, 0.29) is 11.4 Å². The van der Waals surface area contributed by atoms with Gasteiger partial charge in [0.15, 0.2) is 0 Å². The van der Waals surface area contributed by atoms with Crippen LogP contribution in [0.5, 0.6) is 0 Å². The summed E-state index contributed by atoms with van der Waals surface area (Å²) in [5.41, 5.74) is 3.59. The zero-order chi connectivity index (χ0) is 22.9. The molecule has 1 aromatic carbocycles. The van der Waals surface area contributed by atoms with Crippen LogP contribution in [0.25, 0.3) is 0 Å². The van der Waals surface area contributed by atoms with Gasteiger partial charge in [0.05, 0.1) is 17.8 Å². The van der Waals surface area contributed by atoms with E-state index in [4.69, 9.17) is 9.72 Å². The third-order valence-electron chi connectivity index (χ3n) is 6.08. The van der Waals surface area contributed by atoms with Crippen LogP contribution in [-0.2, 0) is 24.2 Å². The molecule has 2 aliphatic rings. The molecule has 0 radical (unpaired) electrons. The molecule has 0 saturated carbocycles. The van der Waals surface area contributed by atoms with Crippen molar-refractivity contribution in [2.75, 3.05) is 23.7 Å². The van der Waals surface area contributed by atoms with Crippen molar-refractivity contribution in [2.45, 2.75) is 69.9 Å². The van der Waals surface area contributed by atoms with Gasteiger partial charge in [-0.1, -0.05) is 12.1 Å². The lowest BCUT2D eigenvalue weighted by Gasteiger charge is -2.40. The van der Waals surface area contributed by atoms with Crippen LogP contribution >= 0.6 is 11.8 Å². The summed E-state index contributed by atoms with van der Waals surface area (Å²) in [6.45, 7) is 10.8. The summed E-state index contributed by atoms with van der Waals surface area (Å²) in [7, 11) is 0. The lowest BCUT2D eigenvalue weighted by molar-refractivity contribution is -0.0402. The molecule has 0 bridgehead atoms. The topological polar surface area (TPSA) is 61.2 Å². The fraction of sp³-hybridized carbons (Fsp3) is 0.520. The van der Waals surface area contributed by atoms with Crippen molar-refractivity contribution >= 4 is 17.6 Å². The van der Waals surface area contributed by atoms with Crippen LogP contribution in [-0.4, -0.2) is 41.5 Å². The van der Waals surface area contributed by atoms with Gasteiger partial charge in [-0.25, -0.2) is 9.37 Å². The van der Waals surface area contributed by atoms with Gasteiger partial charge in [0.1, 0.15) is 22.7 Å². The Kier molecular flexibility index (Phi) is 6.75. The summed E-state index contributed by atoms with van der Waals surface area (Å²) in [5.74, 6) is 1.51. The molecule has 1 N–H and O–H groups in total. The number of fused-ring (bicyclic) bond motifs is 1. The molecule has 0 aliphatic carbocycles. The highest BCUT2D eigenvalue weighted by atomic mass is 32.2. The van der Waals surface area contributed by atoms with E-state index in [1.807, 2.05) is 12.1 Å². The lowest BCUT2D eigenvalue weighted by Crippen LogP contribution is -2.55. The van der Waals surface area contributed by atoms with Gasteiger partial charge in [0.2, 0.25) is 0 Å². The van der Waals surface area contributed by atoms with Gasteiger partial charge in [0, 0.05) is 42.9 Å². The number of nitrogens with one attached hydrogen (secondary N) is 1. The van der Waals surface area contributed by atoms with Crippen molar-refractivity contribution in [3.8, 4) is 6.07 Å². The molecule has 7 heteroatoms. The summed E-state index contributed by atoms with van der Waals surface area (Å²) < 4.78 is 19.3. The number of rotatable bonds is 5. The van der Waals surface area contributed by atoms with E-state index in [0.29, 0.717) is 30.7 Å². The molecule has 170 valence electrons. The molecule has 0 amide bonds. The number of aryl methyl sites for hydroxylation is 1. The Morgan fingerprint density at radius 1 is 1.22 bits per heavy atom. The molecular formula is C25H31FN4OS. The zero-order valence-corrected chi connectivity index (χ0v) is 20.1. The van der Waals surface area contributed by atoms with Crippen molar-refractivity contribution in [2.24, 2.45) is 0 Å². The Labute approximate surface area is 194 Å². The minimum atomic E-state index is -0.308. The van der Waals surface area contributed by atoms with Gasteiger partial charge in [0.25, 0.3) is 0 Å². The SMILES string of the molecule is CC1CN(c2nc(SCCc3ccc(F)cc3)c(C#N)c3c2COC(C)(C)C3)CC(C)N1. The van der Waals surface area contributed by atoms with Gasteiger partial charge < -0.3 is 15.0 Å². The third kappa shape index (κ3) is 5.09. The summed E-state index contributed by atoms with van der Waals surface area (Å²) in [4.78, 5) is 7.39. The van der Waals surface area contributed by atoms with Crippen LogP contribution in [0.15, 0.2) is 29.3 Å². The molecule has 2 aliphatic heterocycles. The minimum absolute atomic E-state index is 0.224. The number of hydrogen-bond donors (Lipinski definition) is 1. The van der Waals surface area contributed by atoms with E-state index < -0.39 is 0 Å². The van der Waals surface area contributed by atoms with Gasteiger partial charge in [-0.05, 0) is 57.4 Å². The quantitative estimate of drug-likeness (QED) is 0.673. The molecule has 1 saturated heterocycles. The average molecular weight is 455 g/mol. The van der Waals surface area contributed by atoms with E-state index >= 15 is 0 Å². The summed E-state index contributed by atoms with van der Waals surface area (Å²) in [6, 6.07) is 9.79. The fourth-order valence-corrected chi connectivity index (χ4v) is 5.62. The third-order valence-corrected chi connectivity index (χ3v) is 7.06. The molecule has 4 rings (SSSR count). The normalized spacial score (nSPS) is 22.3. The molecule has 2 unspecified atom stereocenters. The first-order valence-corrected chi connectivity index (χ1v) is 12.2. The smallest absolute Gasteiger partial charge is 0.135 e. The number of thioether (sulfide) groups is 1. The molecule has 0 spiro atoms. The van der Waals surface area contributed by atoms with Crippen molar-refractivity contribution in [1.82, 2.24) is 10.3 Å². The number of hydrogen-bond acceptors (Lipinski definition) is 6. The fourth-order valence-electron chi connectivity index (χ4n) is 4.62. The number of piperazine rings is 1. The predicted molar refractivity (Wildman–Crippen MR) is 127 cm³/mol. The largest absolute Gasteiger partial charge is 0.370 e. The highest BCUT2D eigenvalue weighted by molar-refractivity contribution is 7.99. The summed E-state index contributed by atoms with van der Waals surface area (Å²) in [5, 5.41) is 14.4. The predicted octanol–water partition coefficient (Wildman–Crippen LogP) is 4.47. The molecule has 5 nitrogen and oxygen atoms in total. The van der Waals surface area contributed by atoms with Crippen LogP contribution < -0.4 is 10.2 Å². The highest BCUT2D eigenvalue weighted by Gasteiger charge is 2.34. The molecule has 32 heavy (non-hydrogen) atoms. The van der Waals surface area contributed by atoms with Crippen LogP contribution in [0.1, 0.15) is 49.9 Å². The number of halogens is 1. The number of nitriles is 1. The maximum atomic E-state index is 13.2. The van der Waals surface area contributed by atoms with Gasteiger partial charge in [-0.2, -0.15) is 5.26 Å². The molecule has 3 heterocycles. The first-order valence-electron chi connectivity index (χ1n) is 11.2. The summed E-state index contributed by atoms with van der Waals surface area (Å²) >= 11 is 1.61. The second-order valence-corrected chi connectivity index (χ2v) is 10.6. The zero-order valence-electron chi connectivity index (χ0n) is 19.2. The van der Waals surface area contributed by atoms with Crippen molar-refractivity contribution in [3.05, 3.63) is 52.3 Å². The van der Waals surface area contributed by atoms with E-state index in [9.17, 15) is 9.65 Å². The van der Waals surface area contributed by atoms with Gasteiger partial charge in [-0.15, -0.1) is 11.8 Å². The van der Waals surface area contributed by atoms with E-state index in [0.717, 1.165) is 52.8 Å².